The lowest BCUT2D eigenvalue weighted by molar-refractivity contribution is 0.396. The molecule has 1 heterocycles. The fourth-order valence-corrected chi connectivity index (χ4v) is 1.47. The third-order valence-electron chi connectivity index (χ3n) is 2.43. The Kier molecular flexibility index (Phi) is 5.56. The van der Waals surface area contributed by atoms with Crippen LogP contribution in [0.15, 0.2) is 12.1 Å². The highest BCUT2D eigenvalue weighted by molar-refractivity contribution is 5.61. The third kappa shape index (κ3) is 4.91. The SMILES string of the molecule is COc1ccc(N)c(NCCCCN(C)C)n1. The Balaban J connectivity index is 2.35. The lowest BCUT2D eigenvalue weighted by Crippen LogP contribution is -2.14. The third-order valence-corrected chi connectivity index (χ3v) is 2.43. The standard InChI is InChI=1S/C12H22N4O/c1-16(2)9-5-4-8-14-12-10(13)6-7-11(15-12)17-3/h6-7H,4-5,8-9,13H2,1-3H3,(H,14,15). The molecule has 0 aliphatic rings. The lowest BCUT2D eigenvalue weighted by Gasteiger charge is -2.11. The van der Waals surface area contributed by atoms with Gasteiger partial charge in [-0.2, -0.15) is 4.98 Å². The molecule has 0 radical (unpaired) electrons. The van der Waals surface area contributed by atoms with Gasteiger partial charge in [-0.15, -0.1) is 0 Å². The fraction of sp³-hybridized carbons (Fsp3) is 0.583. The Morgan fingerprint density at radius 2 is 2.12 bits per heavy atom. The number of ether oxygens (including phenoxy) is 1. The highest BCUT2D eigenvalue weighted by Gasteiger charge is 2.02. The van der Waals surface area contributed by atoms with E-state index in [2.05, 4.69) is 29.3 Å². The van der Waals surface area contributed by atoms with Crippen molar-refractivity contribution in [2.45, 2.75) is 12.8 Å². The maximum Gasteiger partial charge on any atom is 0.215 e. The van der Waals surface area contributed by atoms with E-state index in [1.807, 2.05) is 0 Å². The summed E-state index contributed by atoms with van der Waals surface area (Å²) in [5, 5.41) is 3.23. The molecular weight excluding hydrogens is 216 g/mol. The van der Waals surface area contributed by atoms with Gasteiger partial charge in [0.05, 0.1) is 12.8 Å². The summed E-state index contributed by atoms with van der Waals surface area (Å²) in [4.78, 5) is 6.43. The zero-order valence-corrected chi connectivity index (χ0v) is 10.9. The number of hydrogen-bond acceptors (Lipinski definition) is 5. The molecule has 3 N–H and O–H groups in total. The van der Waals surface area contributed by atoms with Gasteiger partial charge in [-0.1, -0.05) is 0 Å². The molecular formula is C12H22N4O. The molecule has 5 nitrogen and oxygen atoms in total. The van der Waals surface area contributed by atoms with Crippen molar-refractivity contribution in [3.05, 3.63) is 12.1 Å². The molecule has 96 valence electrons. The number of anilines is 2. The summed E-state index contributed by atoms with van der Waals surface area (Å²) in [6.45, 7) is 1.97. The van der Waals surface area contributed by atoms with Gasteiger partial charge in [-0.3, -0.25) is 0 Å². The molecule has 5 heteroatoms. The number of unbranched alkanes of at least 4 members (excludes halogenated alkanes) is 1. The fourth-order valence-electron chi connectivity index (χ4n) is 1.47. The molecule has 0 amide bonds. The second kappa shape index (κ2) is 6.96. The highest BCUT2D eigenvalue weighted by Crippen LogP contribution is 2.19. The first kappa shape index (κ1) is 13.6. The molecule has 0 aliphatic heterocycles. The minimum atomic E-state index is 0.579. The zero-order chi connectivity index (χ0) is 12.7. The van der Waals surface area contributed by atoms with E-state index in [1.54, 1.807) is 19.2 Å². The van der Waals surface area contributed by atoms with Gasteiger partial charge >= 0.3 is 0 Å². The normalized spacial score (nSPS) is 10.6. The Morgan fingerprint density at radius 3 is 2.76 bits per heavy atom. The minimum absolute atomic E-state index is 0.579. The average Bonchev–Trinajstić information content (AvgIpc) is 2.30. The number of nitrogens with zero attached hydrogens (tertiary/aromatic N) is 2. The molecule has 0 saturated heterocycles. The van der Waals surface area contributed by atoms with E-state index < -0.39 is 0 Å². The summed E-state index contributed by atoms with van der Waals surface area (Å²) < 4.78 is 5.06. The smallest absolute Gasteiger partial charge is 0.215 e. The van der Waals surface area contributed by atoms with Crippen molar-refractivity contribution < 1.29 is 4.74 Å². The second-order valence-electron chi connectivity index (χ2n) is 4.23. The summed E-state index contributed by atoms with van der Waals surface area (Å²) in [6.07, 6.45) is 2.25. The van der Waals surface area contributed by atoms with Crippen molar-refractivity contribution in [1.82, 2.24) is 9.88 Å². The van der Waals surface area contributed by atoms with Gasteiger partial charge in [0.25, 0.3) is 0 Å². The number of pyridine rings is 1. The van der Waals surface area contributed by atoms with Gasteiger partial charge in [0, 0.05) is 12.6 Å². The Morgan fingerprint density at radius 1 is 1.35 bits per heavy atom. The van der Waals surface area contributed by atoms with Crippen molar-refractivity contribution in [2.24, 2.45) is 0 Å². The summed E-state index contributed by atoms with van der Waals surface area (Å²) in [6, 6.07) is 3.56. The summed E-state index contributed by atoms with van der Waals surface area (Å²) >= 11 is 0. The molecule has 0 unspecified atom stereocenters. The monoisotopic (exact) mass is 238 g/mol. The van der Waals surface area contributed by atoms with Crippen LogP contribution in [0, 0.1) is 0 Å². The van der Waals surface area contributed by atoms with Crippen molar-refractivity contribution in [3.8, 4) is 5.88 Å². The van der Waals surface area contributed by atoms with Crippen LogP contribution in [-0.4, -0.2) is 44.2 Å². The van der Waals surface area contributed by atoms with Gasteiger partial charge < -0.3 is 20.7 Å². The van der Waals surface area contributed by atoms with E-state index in [9.17, 15) is 0 Å². The number of rotatable bonds is 7. The molecule has 0 fully saturated rings. The van der Waals surface area contributed by atoms with Crippen LogP contribution in [0.2, 0.25) is 0 Å². The highest BCUT2D eigenvalue weighted by atomic mass is 16.5. The van der Waals surface area contributed by atoms with Crippen LogP contribution >= 0.6 is 0 Å². The van der Waals surface area contributed by atoms with E-state index in [0.717, 1.165) is 25.9 Å². The Bertz CT molecular complexity index is 341. The van der Waals surface area contributed by atoms with Crippen LogP contribution in [0.25, 0.3) is 0 Å². The minimum Gasteiger partial charge on any atom is -0.481 e. The molecule has 1 aromatic rings. The molecule has 0 bridgehead atoms. The summed E-state index contributed by atoms with van der Waals surface area (Å²) in [5.74, 6) is 1.28. The second-order valence-corrected chi connectivity index (χ2v) is 4.23. The maximum atomic E-state index is 5.82. The van der Waals surface area contributed by atoms with Crippen molar-refractivity contribution in [1.29, 1.82) is 0 Å². The van der Waals surface area contributed by atoms with Gasteiger partial charge in [0.2, 0.25) is 5.88 Å². The molecule has 0 aromatic carbocycles. The number of nitrogens with one attached hydrogen (secondary N) is 1. The topological polar surface area (TPSA) is 63.4 Å². The van der Waals surface area contributed by atoms with E-state index in [0.29, 0.717) is 17.4 Å². The zero-order valence-electron chi connectivity index (χ0n) is 10.9. The van der Waals surface area contributed by atoms with Crippen LogP contribution in [0.3, 0.4) is 0 Å². The van der Waals surface area contributed by atoms with Crippen LogP contribution in [0.1, 0.15) is 12.8 Å². The number of methoxy groups -OCH3 is 1. The van der Waals surface area contributed by atoms with Gasteiger partial charge in [0.15, 0.2) is 5.82 Å². The predicted molar refractivity (Wildman–Crippen MR) is 71.5 cm³/mol. The molecule has 0 spiro atoms. The van der Waals surface area contributed by atoms with Gasteiger partial charge in [-0.05, 0) is 39.5 Å². The number of nitrogens with two attached hydrogens (primary N) is 1. The van der Waals surface area contributed by atoms with E-state index in [-0.39, 0.29) is 0 Å². The van der Waals surface area contributed by atoms with Gasteiger partial charge in [0.1, 0.15) is 0 Å². The van der Waals surface area contributed by atoms with Crippen LogP contribution in [0.4, 0.5) is 11.5 Å². The van der Waals surface area contributed by atoms with Crippen molar-refractivity contribution in [3.63, 3.8) is 0 Å². The number of hydrogen-bond donors (Lipinski definition) is 2. The molecule has 1 aromatic heterocycles. The van der Waals surface area contributed by atoms with E-state index in [1.165, 1.54) is 0 Å². The number of nitrogen functional groups attached to an aromatic ring is 1. The molecule has 0 saturated carbocycles. The quantitative estimate of drug-likeness (QED) is 0.703. The lowest BCUT2D eigenvalue weighted by atomic mass is 10.3. The molecule has 1 rings (SSSR count). The molecule has 0 aliphatic carbocycles. The van der Waals surface area contributed by atoms with Crippen molar-refractivity contribution in [2.75, 3.05) is 45.3 Å². The average molecular weight is 238 g/mol. The summed E-state index contributed by atoms with van der Waals surface area (Å²) in [5.41, 5.74) is 6.47. The van der Waals surface area contributed by atoms with E-state index in [4.69, 9.17) is 10.5 Å². The van der Waals surface area contributed by atoms with Crippen LogP contribution < -0.4 is 15.8 Å². The first-order valence-electron chi connectivity index (χ1n) is 5.82. The van der Waals surface area contributed by atoms with E-state index >= 15 is 0 Å². The molecule has 17 heavy (non-hydrogen) atoms. The molecule has 0 atom stereocenters. The van der Waals surface area contributed by atoms with Gasteiger partial charge in [-0.25, -0.2) is 0 Å². The Labute approximate surface area is 103 Å². The first-order valence-corrected chi connectivity index (χ1v) is 5.82. The van der Waals surface area contributed by atoms with Crippen LogP contribution in [0.5, 0.6) is 5.88 Å². The number of aromatic nitrogens is 1. The van der Waals surface area contributed by atoms with Crippen molar-refractivity contribution >= 4 is 11.5 Å². The largest absolute Gasteiger partial charge is 0.481 e. The maximum absolute atomic E-state index is 5.82. The Hall–Kier alpha value is -1.49. The summed E-state index contributed by atoms with van der Waals surface area (Å²) in [7, 11) is 5.75. The predicted octanol–water partition coefficient (Wildman–Crippen LogP) is 1.43. The van der Waals surface area contributed by atoms with Crippen LogP contribution in [-0.2, 0) is 0 Å². The first-order chi connectivity index (χ1) is 8.13.